The molecule has 0 saturated heterocycles. The number of aromatic nitrogens is 3. The van der Waals surface area contributed by atoms with E-state index in [0.717, 1.165) is 15.8 Å². The van der Waals surface area contributed by atoms with Crippen LogP contribution in [0.5, 0.6) is 0 Å². The number of hydrogen-bond donors (Lipinski definition) is 2. The molecule has 1 unspecified atom stereocenters. The molecule has 9 nitrogen and oxygen atoms in total. The first-order valence-electron chi connectivity index (χ1n) is 10.9. The number of nitrogens with one attached hydrogen (secondary N) is 2. The normalized spacial score (nSPS) is 12.6. The van der Waals surface area contributed by atoms with Gasteiger partial charge in [-0.3, -0.25) is 9.59 Å². The number of hydrogen-bond acceptors (Lipinski definition) is 5. The minimum absolute atomic E-state index is 0.0239. The van der Waals surface area contributed by atoms with E-state index in [1.165, 1.54) is 22.6 Å². The van der Waals surface area contributed by atoms with Gasteiger partial charge in [0, 0.05) is 25.4 Å². The number of H-pyrrole nitrogens is 1. The van der Waals surface area contributed by atoms with E-state index in [9.17, 15) is 18.0 Å². The molecule has 0 fully saturated rings. The lowest BCUT2D eigenvalue weighted by molar-refractivity contribution is -0.122. The van der Waals surface area contributed by atoms with E-state index in [2.05, 4.69) is 15.3 Å². The molecule has 10 heteroatoms. The molecule has 1 amide bonds. The number of imidazole rings is 1. The van der Waals surface area contributed by atoms with Crippen molar-refractivity contribution >= 4 is 15.9 Å². The number of benzene rings is 1. The van der Waals surface area contributed by atoms with Gasteiger partial charge in [-0.25, -0.2) is 13.4 Å². The van der Waals surface area contributed by atoms with E-state index in [1.807, 2.05) is 37.3 Å². The molecule has 0 radical (unpaired) electrons. The number of rotatable bonds is 10. The average molecular weight is 472 g/mol. The fourth-order valence-corrected chi connectivity index (χ4v) is 5.01. The Morgan fingerprint density at radius 2 is 1.82 bits per heavy atom. The number of aromatic amines is 1. The molecular weight excluding hydrogens is 442 g/mol. The molecule has 2 aromatic heterocycles. The van der Waals surface area contributed by atoms with E-state index in [1.54, 1.807) is 20.0 Å². The van der Waals surface area contributed by atoms with Gasteiger partial charge in [-0.15, -0.1) is 0 Å². The Bertz CT molecular complexity index is 1250. The molecule has 176 valence electrons. The lowest BCUT2D eigenvalue weighted by Gasteiger charge is -2.19. The molecule has 1 atom stereocenters. The van der Waals surface area contributed by atoms with Gasteiger partial charge in [0.1, 0.15) is 12.4 Å². The molecule has 0 aliphatic carbocycles. The summed E-state index contributed by atoms with van der Waals surface area (Å²) in [5.41, 5.74) is 1.36. The molecule has 0 aliphatic heterocycles. The Hall–Kier alpha value is -3.24. The number of amides is 1. The van der Waals surface area contributed by atoms with Crippen LogP contribution in [0, 0.1) is 0 Å². The van der Waals surface area contributed by atoms with Crippen LogP contribution in [0.3, 0.4) is 0 Å². The average Bonchev–Trinajstić information content (AvgIpc) is 3.30. The van der Waals surface area contributed by atoms with Crippen LogP contribution in [0.2, 0.25) is 0 Å². The maximum absolute atomic E-state index is 12.8. The second-order valence-electron chi connectivity index (χ2n) is 7.50. The van der Waals surface area contributed by atoms with Crippen molar-refractivity contribution in [3.8, 4) is 11.3 Å². The van der Waals surface area contributed by atoms with Crippen LogP contribution in [0.25, 0.3) is 11.3 Å². The Morgan fingerprint density at radius 1 is 1.12 bits per heavy atom. The lowest BCUT2D eigenvalue weighted by atomic mass is 10.2. The van der Waals surface area contributed by atoms with Gasteiger partial charge in [-0.05, 0) is 18.1 Å². The van der Waals surface area contributed by atoms with Gasteiger partial charge in [-0.2, -0.15) is 4.31 Å². The highest BCUT2D eigenvalue weighted by Crippen LogP contribution is 2.20. The first kappa shape index (κ1) is 24.4. The number of carbonyl (C=O) groups excluding carboxylic acids is 1. The fourth-order valence-electron chi connectivity index (χ4n) is 3.53. The van der Waals surface area contributed by atoms with Gasteiger partial charge in [0.25, 0.3) is 5.56 Å². The van der Waals surface area contributed by atoms with E-state index < -0.39 is 21.5 Å². The summed E-state index contributed by atoms with van der Waals surface area (Å²) >= 11 is 0. The lowest BCUT2D eigenvalue weighted by Crippen LogP contribution is -2.36. The largest absolute Gasteiger partial charge is 0.345 e. The summed E-state index contributed by atoms with van der Waals surface area (Å²) in [4.78, 5) is 32.6. The quantitative estimate of drug-likeness (QED) is 0.471. The topological polar surface area (TPSA) is 117 Å². The predicted octanol–water partition coefficient (Wildman–Crippen LogP) is 2.54. The highest BCUT2D eigenvalue weighted by Gasteiger charge is 2.23. The summed E-state index contributed by atoms with van der Waals surface area (Å²) in [6, 6.07) is 11.8. The van der Waals surface area contributed by atoms with Crippen molar-refractivity contribution in [1.82, 2.24) is 24.2 Å². The summed E-state index contributed by atoms with van der Waals surface area (Å²) in [7, 11) is -3.74. The van der Waals surface area contributed by atoms with E-state index in [-0.39, 0.29) is 17.5 Å². The molecule has 3 aromatic rings. The third kappa shape index (κ3) is 5.58. The predicted molar refractivity (Wildman–Crippen MR) is 126 cm³/mol. The van der Waals surface area contributed by atoms with E-state index in [0.29, 0.717) is 25.3 Å². The van der Waals surface area contributed by atoms with Crippen molar-refractivity contribution in [2.75, 3.05) is 13.1 Å². The van der Waals surface area contributed by atoms with Crippen LogP contribution < -0.4 is 10.9 Å². The third-order valence-electron chi connectivity index (χ3n) is 5.37. The van der Waals surface area contributed by atoms with E-state index in [4.69, 9.17) is 0 Å². The first-order chi connectivity index (χ1) is 15.8. The zero-order valence-corrected chi connectivity index (χ0v) is 19.8. The standard InChI is InChI=1S/C23H29N5O4S/c1-4-19(23-24-14-20(26-23)17-10-8-7-9-11-17)25-21(29)16-27-15-18(12-13-22(27)30)33(31,32)28(5-2)6-3/h7-15,19H,4-6,16H2,1-3H3,(H,24,26)(H,25,29). The minimum atomic E-state index is -3.74. The summed E-state index contributed by atoms with van der Waals surface area (Å²) in [6.07, 6.45) is 3.52. The fraction of sp³-hybridized carbons (Fsp3) is 0.348. The SMILES string of the molecule is CCC(NC(=O)Cn1cc(S(=O)(=O)N(CC)CC)ccc1=O)c1ncc(-c2ccccc2)[nH]1. The Kier molecular flexibility index (Phi) is 7.83. The monoisotopic (exact) mass is 471 g/mol. The van der Waals surface area contributed by atoms with Crippen LogP contribution in [0.15, 0.2) is 64.5 Å². The van der Waals surface area contributed by atoms with Crippen molar-refractivity contribution < 1.29 is 13.2 Å². The van der Waals surface area contributed by atoms with Crippen LogP contribution in [0.1, 0.15) is 39.1 Å². The van der Waals surface area contributed by atoms with Crippen LogP contribution >= 0.6 is 0 Å². The zero-order chi connectivity index (χ0) is 24.0. The summed E-state index contributed by atoms with van der Waals surface area (Å²) in [6.45, 7) is 5.72. The second-order valence-corrected chi connectivity index (χ2v) is 9.43. The highest BCUT2D eigenvalue weighted by molar-refractivity contribution is 7.89. The molecule has 0 aliphatic rings. The summed E-state index contributed by atoms with van der Waals surface area (Å²) < 4.78 is 27.9. The number of sulfonamides is 1. The Labute approximate surface area is 193 Å². The molecule has 2 heterocycles. The number of carbonyl (C=O) groups is 1. The van der Waals surface area contributed by atoms with Crippen LogP contribution in [-0.4, -0.2) is 46.3 Å². The van der Waals surface area contributed by atoms with Gasteiger partial charge >= 0.3 is 0 Å². The molecule has 0 bridgehead atoms. The number of pyridine rings is 1. The van der Waals surface area contributed by atoms with Crippen molar-refractivity contribution in [2.24, 2.45) is 0 Å². The molecule has 33 heavy (non-hydrogen) atoms. The molecule has 0 spiro atoms. The van der Waals surface area contributed by atoms with Crippen molar-refractivity contribution in [3.05, 3.63) is 71.0 Å². The van der Waals surface area contributed by atoms with Crippen LogP contribution in [-0.2, 0) is 21.4 Å². The Morgan fingerprint density at radius 3 is 2.45 bits per heavy atom. The zero-order valence-electron chi connectivity index (χ0n) is 19.0. The maximum Gasteiger partial charge on any atom is 0.251 e. The third-order valence-corrected chi connectivity index (χ3v) is 7.40. The highest BCUT2D eigenvalue weighted by atomic mass is 32.2. The van der Waals surface area contributed by atoms with Gasteiger partial charge in [0.05, 0.1) is 22.8 Å². The molecule has 1 aromatic carbocycles. The molecular formula is C23H29N5O4S. The Balaban J connectivity index is 1.76. The van der Waals surface area contributed by atoms with Crippen molar-refractivity contribution in [2.45, 2.75) is 44.7 Å². The van der Waals surface area contributed by atoms with Gasteiger partial charge < -0.3 is 14.9 Å². The smallest absolute Gasteiger partial charge is 0.251 e. The van der Waals surface area contributed by atoms with E-state index >= 15 is 0 Å². The van der Waals surface area contributed by atoms with Gasteiger partial charge in [-0.1, -0.05) is 51.1 Å². The first-order valence-corrected chi connectivity index (χ1v) is 12.3. The van der Waals surface area contributed by atoms with Gasteiger partial charge in [0.2, 0.25) is 15.9 Å². The maximum atomic E-state index is 12.8. The molecule has 0 saturated carbocycles. The van der Waals surface area contributed by atoms with Crippen molar-refractivity contribution in [3.63, 3.8) is 0 Å². The summed E-state index contributed by atoms with van der Waals surface area (Å²) in [5.74, 6) is 0.189. The minimum Gasteiger partial charge on any atom is -0.345 e. The molecule has 2 N–H and O–H groups in total. The van der Waals surface area contributed by atoms with Gasteiger partial charge in [0.15, 0.2) is 0 Å². The van der Waals surface area contributed by atoms with Crippen molar-refractivity contribution in [1.29, 1.82) is 0 Å². The number of nitrogens with zero attached hydrogens (tertiary/aromatic N) is 3. The summed E-state index contributed by atoms with van der Waals surface area (Å²) in [5, 5.41) is 2.87. The van der Waals surface area contributed by atoms with Crippen LogP contribution in [0.4, 0.5) is 0 Å². The molecule has 3 rings (SSSR count). The second kappa shape index (κ2) is 10.6.